The summed E-state index contributed by atoms with van der Waals surface area (Å²) in [6.45, 7) is 8.86. The summed E-state index contributed by atoms with van der Waals surface area (Å²) < 4.78 is 1.75. The molecule has 1 aromatic rings. The smallest absolute Gasteiger partial charge is 0.147 e. The molecule has 5 heteroatoms. The van der Waals surface area contributed by atoms with Crippen LogP contribution in [0, 0.1) is 5.92 Å². The van der Waals surface area contributed by atoms with Crippen molar-refractivity contribution in [3.05, 3.63) is 5.69 Å². The van der Waals surface area contributed by atoms with Gasteiger partial charge in [0.15, 0.2) is 0 Å². The highest BCUT2D eigenvalue weighted by Gasteiger charge is 2.19. The minimum Gasteiger partial charge on any atom is -0.394 e. The van der Waals surface area contributed by atoms with E-state index in [0.717, 1.165) is 24.4 Å². The molecule has 1 aromatic heterocycles. The Labute approximate surface area is 116 Å². The summed E-state index contributed by atoms with van der Waals surface area (Å²) in [5.41, 5.74) is 7.70. The fourth-order valence-electron chi connectivity index (χ4n) is 2.40. The number of nitrogens with two attached hydrogens (primary N) is 1. The highest BCUT2D eigenvalue weighted by molar-refractivity contribution is 5.65. The number of aliphatic hydroxyl groups is 1. The maximum Gasteiger partial charge on any atom is 0.147 e. The fourth-order valence-corrected chi connectivity index (χ4v) is 2.40. The lowest BCUT2D eigenvalue weighted by Gasteiger charge is -2.21. The number of aromatic nitrogens is 2. The molecule has 0 saturated carbocycles. The molecule has 5 nitrogen and oxygen atoms in total. The van der Waals surface area contributed by atoms with Crippen molar-refractivity contribution in [2.75, 3.05) is 17.6 Å². The number of nitrogens with one attached hydrogen (secondary N) is 1. The summed E-state index contributed by atoms with van der Waals surface area (Å²) in [7, 11) is 1.87. The van der Waals surface area contributed by atoms with Crippen LogP contribution >= 0.6 is 0 Å². The van der Waals surface area contributed by atoms with E-state index in [4.69, 9.17) is 5.73 Å². The SMILES string of the molecule is CCC(CC)C(O)CNc1c(N)c(C(C)C)nn1C. The van der Waals surface area contributed by atoms with Crippen molar-refractivity contribution in [1.82, 2.24) is 9.78 Å². The first kappa shape index (κ1) is 15.8. The summed E-state index contributed by atoms with van der Waals surface area (Å²) in [6, 6.07) is 0. The quantitative estimate of drug-likeness (QED) is 0.709. The second-order valence-electron chi connectivity index (χ2n) is 5.45. The molecule has 0 aliphatic rings. The first-order valence-corrected chi connectivity index (χ1v) is 7.16. The standard InChI is InChI=1S/C14H28N4O/c1-6-10(7-2)11(19)8-16-14-12(15)13(9(3)4)17-18(14)5/h9-11,16,19H,6-8,15H2,1-5H3. The van der Waals surface area contributed by atoms with E-state index in [2.05, 4.69) is 38.1 Å². The van der Waals surface area contributed by atoms with Gasteiger partial charge in [-0.1, -0.05) is 40.5 Å². The van der Waals surface area contributed by atoms with E-state index < -0.39 is 0 Å². The number of nitrogens with zero attached hydrogens (tertiary/aromatic N) is 2. The van der Waals surface area contributed by atoms with Gasteiger partial charge in [0.2, 0.25) is 0 Å². The Balaban J connectivity index is 2.73. The molecule has 4 N–H and O–H groups in total. The molecule has 0 saturated heterocycles. The van der Waals surface area contributed by atoms with Crippen molar-refractivity contribution in [3.63, 3.8) is 0 Å². The van der Waals surface area contributed by atoms with Gasteiger partial charge >= 0.3 is 0 Å². The molecule has 1 atom stereocenters. The molecule has 0 aliphatic heterocycles. The molecule has 0 aromatic carbocycles. The third-order valence-corrected chi connectivity index (χ3v) is 3.73. The van der Waals surface area contributed by atoms with Crippen LogP contribution in [-0.4, -0.2) is 27.5 Å². The lowest BCUT2D eigenvalue weighted by atomic mass is 9.96. The predicted molar refractivity (Wildman–Crippen MR) is 80.3 cm³/mol. The predicted octanol–water partition coefficient (Wildman–Crippen LogP) is 2.33. The fraction of sp³-hybridized carbons (Fsp3) is 0.786. The van der Waals surface area contributed by atoms with Crippen molar-refractivity contribution in [2.24, 2.45) is 13.0 Å². The number of anilines is 2. The second-order valence-corrected chi connectivity index (χ2v) is 5.45. The van der Waals surface area contributed by atoms with Gasteiger partial charge < -0.3 is 16.2 Å². The van der Waals surface area contributed by atoms with Crippen LogP contribution in [0.1, 0.15) is 52.1 Å². The number of hydrogen-bond donors (Lipinski definition) is 3. The maximum atomic E-state index is 10.1. The first-order chi connectivity index (χ1) is 8.92. The van der Waals surface area contributed by atoms with Gasteiger partial charge in [-0.05, 0) is 11.8 Å². The normalized spacial score (nSPS) is 13.3. The van der Waals surface area contributed by atoms with Crippen molar-refractivity contribution in [1.29, 1.82) is 0 Å². The summed E-state index contributed by atoms with van der Waals surface area (Å²) in [4.78, 5) is 0. The van der Waals surface area contributed by atoms with Crippen LogP contribution in [0.25, 0.3) is 0 Å². The Bertz CT molecular complexity index is 396. The average molecular weight is 268 g/mol. The number of aliphatic hydroxyl groups excluding tert-OH is 1. The van der Waals surface area contributed by atoms with Gasteiger partial charge in [-0.3, -0.25) is 4.68 Å². The summed E-state index contributed by atoms with van der Waals surface area (Å²) in [6.07, 6.45) is 1.61. The van der Waals surface area contributed by atoms with Crippen LogP contribution in [0.4, 0.5) is 11.5 Å². The van der Waals surface area contributed by atoms with Gasteiger partial charge in [0.05, 0.1) is 17.5 Å². The van der Waals surface area contributed by atoms with Gasteiger partial charge in [-0.15, -0.1) is 0 Å². The second kappa shape index (κ2) is 6.80. The Morgan fingerprint density at radius 3 is 2.32 bits per heavy atom. The lowest BCUT2D eigenvalue weighted by molar-refractivity contribution is 0.114. The summed E-state index contributed by atoms with van der Waals surface area (Å²) in [5.74, 6) is 1.42. The van der Waals surface area contributed by atoms with Crippen LogP contribution in [-0.2, 0) is 7.05 Å². The summed E-state index contributed by atoms with van der Waals surface area (Å²) >= 11 is 0. The molecule has 0 aliphatic carbocycles. The zero-order valence-electron chi connectivity index (χ0n) is 12.8. The third-order valence-electron chi connectivity index (χ3n) is 3.73. The van der Waals surface area contributed by atoms with E-state index in [9.17, 15) is 5.11 Å². The van der Waals surface area contributed by atoms with E-state index in [1.54, 1.807) is 4.68 Å². The molecule has 1 heterocycles. The maximum absolute atomic E-state index is 10.1. The van der Waals surface area contributed by atoms with Crippen LogP contribution in [0.5, 0.6) is 0 Å². The Hall–Kier alpha value is -1.23. The van der Waals surface area contributed by atoms with E-state index in [-0.39, 0.29) is 6.10 Å². The van der Waals surface area contributed by atoms with Crippen LogP contribution in [0.2, 0.25) is 0 Å². The number of rotatable bonds is 7. The van der Waals surface area contributed by atoms with E-state index >= 15 is 0 Å². The molecule has 0 amide bonds. The molecular formula is C14H28N4O. The molecule has 1 unspecified atom stereocenters. The van der Waals surface area contributed by atoms with Crippen LogP contribution < -0.4 is 11.1 Å². The van der Waals surface area contributed by atoms with Gasteiger partial charge in [0.25, 0.3) is 0 Å². The minimum atomic E-state index is -0.355. The van der Waals surface area contributed by atoms with E-state index in [1.807, 2.05) is 7.05 Å². The number of nitrogen functional groups attached to an aromatic ring is 1. The zero-order valence-corrected chi connectivity index (χ0v) is 12.8. The first-order valence-electron chi connectivity index (χ1n) is 7.16. The van der Waals surface area contributed by atoms with Crippen molar-refractivity contribution >= 4 is 11.5 Å². The highest BCUT2D eigenvalue weighted by Crippen LogP contribution is 2.27. The largest absolute Gasteiger partial charge is 0.394 e. The minimum absolute atomic E-state index is 0.297. The van der Waals surface area contributed by atoms with Gasteiger partial charge in [0, 0.05) is 13.6 Å². The topological polar surface area (TPSA) is 76.1 Å². The molecule has 0 bridgehead atoms. The average Bonchev–Trinajstić information content (AvgIpc) is 2.64. The zero-order chi connectivity index (χ0) is 14.6. The van der Waals surface area contributed by atoms with Crippen molar-refractivity contribution in [2.45, 2.75) is 52.6 Å². The molecular weight excluding hydrogens is 240 g/mol. The highest BCUT2D eigenvalue weighted by atomic mass is 16.3. The van der Waals surface area contributed by atoms with Gasteiger partial charge in [-0.2, -0.15) is 5.10 Å². The lowest BCUT2D eigenvalue weighted by Crippen LogP contribution is -2.28. The van der Waals surface area contributed by atoms with Crippen molar-refractivity contribution < 1.29 is 5.11 Å². The molecule has 110 valence electrons. The molecule has 0 radical (unpaired) electrons. The van der Waals surface area contributed by atoms with E-state index in [0.29, 0.717) is 24.1 Å². The Morgan fingerprint density at radius 1 is 1.32 bits per heavy atom. The summed E-state index contributed by atoms with van der Waals surface area (Å²) in [5, 5.41) is 17.8. The molecule has 0 fully saturated rings. The van der Waals surface area contributed by atoms with Gasteiger partial charge in [0.1, 0.15) is 5.82 Å². The molecule has 0 spiro atoms. The Morgan fingerprint density at radius 2 is 1.89 bits per heavy atom. The monoisotopic (exact) mass is 268 g/mol. The van der Waals surface area contributed by atoms with Gasteiger partial charge in [-0.25, -0.2) is 0 Å². The van der Waals surface area contributed by atoms with E-state index in [1.165, 1.54) is 0 Å². The number of hydrogen-bond acceptors (Lipinski definition) is 4. The van der Waals surface area contributed by atoms with Crippen molar-refractivity contribution in [3.8, 4) is 0 Å². The molecule has 1 rings (SSSR count). The van der Waals surface area contributed by atoms with Crippen LogP contribution in [0.15, 0.2) is 0 Å². The molecule has 19 heavy (non-hydrogen) atoms. The number of aryl methyl sites for hydroxylation is 1. The Kier molecular flexibility index (Phi) is 5.66. The third kappa shape index (κ3) is 3.62. The van der Waals surface area contributed by atoms with Crippen LogP contribution in [0.3, 0.4) is 0 Å².